The van der Waals surface area contributed by atoms with Crippen molar-refractivity contribution in [1.29, 1.82) is 0 Å². The van der Waals surface area contributed by atoms with Crippen LogP contribution < -0.4 is 14.8 Å². The average molecular weight is 369 g/mol. The number of aromatic nitrogens is 1. The SMILES string of the molecule is COc1ccc(OC)c(NC(=O)C2CCN(C(=O)c3cccnc3)CC2)c1. The molecule has 7 nitrogen and oxygen atoms in total. The maximum atomic E-state index is 12.7. The van der Waals surface area contributed by atoms with Crippen molar-refractivity contribution in [3.63, 3.8) is 0 Å². The zero-order valence-electron chi connectivity index (χ0n) is 15.5. The molecule has 1 aromatic carbocycles. The molecule has 2 heterocycles. The van der Waals surface area contributed by atoms with Crippen LogP contribution in [0, 0.1) is 5.92 Å². The Morgan fingerprint density at radius 2 is 1.93 bits per heavy atom. The van der Waals surface area contributed by atoms with Crippen LogP contribution in [0.25, 0.3) is 0 Å². The molecule has 1 fully saturated rings. The van der Waals surface area contributed by atoms with Crippen LogP contribution in [0.2, 0.25) is 0 Å². The molecule has 0 unspecified atom stereocenters. The lowest BCUT2D eigenvalue weighted by Gasteiger charge is -2.31. The molecule has 1 aromatic heterocycles. The molecule has 0 aliphatic carbocycles. The maximum Gasteiger partial charge on any atom is 0.255 e. The Labute approximate surface area is 158 Å². The second kappa shape index (κ2) is 8.53. The molecule has 0 saturated carbocycles. The summed E-state index contributed by atoms with van der Waals surface area (Å²) in [7, 11) is 3.13. The minimum absolute atomic E-state index is 0.0450. The summed E-state index contributed by atoms with van der Waals surface area (Å²) in [5.41, 5.74) is 1.15. The van der Waals surface area contributed by atoms with Crippen LogP contribution >= 0.6 is 0 Å². The lowest BCUT2D eigenvalue weighted by atomic mass is 9.95. The van der Waals surface area contributed by atoms with Crippen LogP contribution in [0.4, 0.5) is 5.69 Å². The number of rotatable bonds is 5. The quantitative estimate of drug-likeness (QED) is 0.876. The molecule has 1 saturated heterocycles. The maximum absolute atomic E-state index is 12.7. The zero-order valence-corrected chi connectivity index (χ0v) is 15.5. The molecule has 0 spiro atoms. The van der Waals surface area contributed by atoms with E-state index >= 15 is 0 Å². The zero-order chi connectivity index (χ0) is 19.2. The highest BCUT2D eigenvalue weighted by Gasteiger charge is 2.28. The molecule has 1 aliphatic heterocycles. The van der Waals surface area contributed by atoms with E-state index in [2.05, 4.69) is 10.3 Å². The molecule has 0 atom stereocenters. The minimum atomic E-state index is -0.154. The number of hydrogen-bond acceptors (Lipinski definition) is 5. The Morgan fingerprint density at radius 1 is 1.15 bits per heavy atom. The van der Waals surface area contributed by atoms with Gasteiger partial charge in [0, 0.05) is 37.5 Å². The van der Waals surface area contributed by atoms with E-state index < -0.39 is 0 Å². The van der Waals surface area contributed by atoms with E-state index in [0.717, 1.165) is 0 Å². The van der Waals surface area contributed by atoms with Crippen molar-refractivity contribution >= 4 is 17.5 Å². The number of nitrogens with zero attached hydrogens (tertiary/aromatic N) is 2. The minimum Gasteiger partial charge on any atom is -0.497 e. The van der Waals surface area contributed by atoms with Gasteiger partial charge in [-0.2, -0.15) is 0 Å². The van der Waals surface area contributed by atoms with Gasteiger partial charge in [0.05, 0.1) is 25.5 Å². The Balaban J connectivity index is 1.60. The first-order valence-electron chi connectivity index (χ1n) is 8.84. The van der Waals surface area contributed by atoms with E-state index in [1.807, 2.05) is 0 Å². The number of ether oxygens (including phenoxy) is 2. The normalized spacial score (nSPS) is 14.5. The van der Waals surface area contributed by atoms with Gasteiger partial charge >= 0.3 is 0 Å². The van der Waals surface area contributed by atoms with E-state index in [0.29, 0.717) is 48.7 Å². The van der Waals surface area contributed by atoms with Gasteiger partial charge in [-0.1, -0.05) is 0 Å². The van der Waals surface area contributed by atoms with Crippen LogP contribution in [0.3, 0.4) is 0 Å². The summed E-state index contributed by atoms with van der Waals surface area (Å²) in [6, 6.07) is 8.76. The summed E-state index contributed by atoms with van der Waals surface area (Å²) in [6.07, 6.45) is 4.44. The molecule has 1 aliphatic rings. The molecule has 0 bridgehead atoms. The van der Waals surface area contributed by atoms with Gasteiger partial charge in [-0.05, 0) is 37.1 Å². The second-order valence-electron chi connectivity index (χ2n) is 6.36. The molecule has 2 amide bonds. The van der Waals surface area contributed by atoms with Gasteiger partial charge in [-0.25, -0.2) is 0 Å². The third kappa shape index (κ3) is 4.36. The summed E-state index contributed by atoms with van der Waals surface area (Å²) in [6.45, 7) is 1.09. The number of benzene rings is 1. The number of carbonyl (C=O) groups excluding carboxylic acids is 2. The van der Waals surface area contributed by atoms with Crippen molar-refractivity contribution < 1.29 is 19.1 Å². The first kappa shape index (κ1) is 18.7. The molecular weight excluding hydrogens is 346 g/mol. The first-order valence-corrected chi connectivity index (χ1v) is 8.84. The van der Waals surface area contributed by atoms with Crippen molar-refractivity contribution in [2.75, 3.05) is 32.6 Å². The number of anilines is 1. The Bertz CT molecular complexity index is 802. The predicted molar refractivity (Wildman–Crippen MR) is 101 cm³/mol. The number of piperidine rings is 1. The standard InChI is InChI=1S/C20H23N3O4/c1-26-16-5-6-18(27-2)17(12-16)22-19(24)14-7-10-23(11-8-14)20(25)15-4-3-9-21-13-15/h3-6,9,12-14H,7-8,10-11H2,1-2H3,(H,22,24). The summed E-state index contributed by atoms with van der Waals surface area (Å²) in [4.78, 5) is 30.9. The highest BCUT2D eigenvalue weighted by atomic mass is 16.5. The van der Waals surface area contributed by atoms with Crippen LogP contribution in [-0.4, -0.2) is 49.0 Å². The molecule has 3 rings (SSSR count). The van der Waals surface area contributed by atoms with Crippen LogP contribution in [0.15, 0.2) is 42.7 Å². The van der Waals surface area contributed by atoms with Crippen LogP contribution in [0.1, 0.15) is 23.2 Å². The second-order valence-corrected chi connectivity index (χ2v) is 6.36. The van der Waals surface area contributed by atoms with Crippen molar-refractivity contribution in [1.82, 2.24) is 9.88 Å². The Morgan fingerprint density at radius 3 is 2.56 bits per heavy atom. The van der Waals surface area contributed by atoms with E-state index in [1.54, 1.807) is 61.8 Å². The lowest BCUT2D eigenvalue weighted by Crippen LogP contribution is -2.41. The van der Waals surface area contributed by atoms with Gasteiger partial charge in [-0.15, -0.1) is 0 Å². The molecule has 27 heavy (non-hydrogen) atoms. The molecule has 142 valence electrons. The van der Waals surface area contributed by atoms with Gasteiger partial charge in [0.25, 0.3) is 5.91 Å². The number of amides is 2. The topological polar surface area (TPSA) is 80.8 Å². The number of carbonyl (C=O) groups is 2. The third-order valence-electron chi connectivity index (χ3n) is 4.73. The van der Waals surface area contributed by atoms with Gasteiger partial charge in [-0.3, -0.25) is 14.6 Å². The van der Waals surface area contributed by atoms with Gasteiger partial charge in [0.15, 0.2) is 0 Å². The van der Waals surface area contributed by atoms with Crippen molar-refractivity contribution in [2.24, 2.45) is 5.92 Å². The number of pyridine rings is 1. The number of hydrogen-bond donors (Lipinski definition) is 1. The molecule has 1 N–H and O–H groups in total. The molecular formula is C20H23N3O4. The van der Waals surface area contributed by atoms with Crippen molar-refractivity contribution in [3.8, 4) is 11.5 Å². The van der Waals surface area contributed by atoms with E-state index in [1.165, 1.54) is 0 Å². The number of nitrogens with one attached hydrogen (secondary N) is 1. The predicted octanol–water partition coefficient (Wildman–Crippen LogP) is 2.59. The van der Waals surface area contributed by atoms with E-state index in [-0.39, 0.29) is 17.7 Å². The van der Waals surface area contributed by atoms with Crippen molar-refractivity contribution in [2.45, 2.75) is 12.8 Å². The van der Waals surface area contributed by atoms with Crippen LogP contribution in [-0.2, 0) is 4.79 Å². The van der Waals surface area contributed by atoms with E-state index in [9.17, 15) is 9.59 Å². The fourth-order valence-electron chi connectivity index (χ4n) is 3.16. The van der Waals surface area contributed by atoms with Gasteiger partial charge < -0.3 is 19.7 Å². The monoisotopic (exact) mass is 369 g/mol. The fourth-order valence-corrected chi connectivity index (χ4v) is 3.16. The molecule has 2 aromatic rings. The third-order valence-corrected chi connectivity index (χ3v) is 4.73. The summed E-state index contributed by atoms with van der Waals surface area (Å²) in [5, 5.41) is 2.92. The largest absolute Gasteiger partial charge is 0.497 e. The smallest absolute Gasteiger partial charge is 0.255 e. The summed E-state index contributed by atoms with van der Waals surface area (Å²) < 4.78 is 10.5. The molecule has 0 radical (unpaired) electrons. The summed E-state index contributed by atoms with van der Waals surface area (Å²) in [5.74, 6) is 0.946. The van der Waals surface area contributed by atoms with Crippen molar-refractivity contribution in [3.05, 3.63) is 48.3 Å². The molecule has 7 heteroatoms. The lowest BCUT2D eigenvalue weighted by molar-refractivity contribution is -0.121. The Kier molecular flexibility index (Phi) is 5.90. The van der Waals surface area contributed by atoms with E-state index in [4.69, 9.17) is 9.47 Å². The first-order chi connectivity index (χ1) is 13.1. The number of methoxy groups -OCH3 is 2. The van der Waals surface area contributed by atoms with Crippen LogP contribution in [0.5, 0.6) is 11.5 Å². The average Bonchev–Trinajstić information content (AvgIpc) is 2.73. The Hall–Kier alpha value is -3.09. The fraction of sp³-hybridized carbons (Fsp3) is 0.350. The summed E-state index contributed by atoms with van der Waals surface area (Å²) >= 11 is 0. The van der Waals surface area contributed by atoms with Gasteiger partial charge in [0.2, 0.25) is 5.91 Å². The highest BCUT2D eigenvalue weighted by molar-refractivity contribution is 5.95. The van der Waals surface area contributed by atoms with Gasteiger partial charge in [0.1, 0.15) is 11.5 Å². The highest BCUT2D eigenvalue weighted by Crippen LogP contribution is 2.30. The number of likely N-dealkylation sites (tertiary alicyclic amines) is 1.